The normalized spacial score (nSPS) is 11.0. The van der Waals surface area contributed by atoms with Crippen LogP contribution in [0.3, 0.4) is 0 Å². The van der Waals surface area contributed by atoms with Gasteiger partial charge in [-0.3, -0.25) is 0 Å². The molecule has 0 aliphatic carbocycles. The van der Waals surface area contributed by atoms with Crippen LogP contribution in [0.25, 0.3) is 11.4 Å². The van der Waals surface area contributed by atoms with Crippen molar-refractivity contribution in [2.45, 2.75) is 17.0 Å². The fraction of sp³-hybridized carbons (Fsp3) is 0.222. The Balaban J connectivity index is 1.59. The van der Waals surface area contributed by atoms with Crippen LogP contribution in [0.2, 0.25) is 5.02 Å². The van der Waals surface area contributed by atoms with Crippen LogP contribution < -0.4 is 0 Å². The monoisotopic (exact) mass is 375 g/mol. The highest BCUT2D eigenvalue weighted by atomic mass is 35.5. The first-order chi connectivity index (χ1) is 11.6. The van der Waals surface area contributed by atoms with Gasteiger partial charge in [-0.2, -0.15) is 0 Å². The van der Waals surface area contributed by atoms with E-state index in [1.165, 1.54) is 10.5 Å². The first kappa shape index (κ1) is 17.4. The van der Waals surface area contributed by atoms with Gasteiger partial charge in [-0.25, -0.2) is 0 Å². The highest BCUT2D eigenvalue weighted by Gasteiger charge is 2.12. The Morgan fingerprint density at radius 2 is 1.67 bits per heavy atom. The molecule has 0 N–H and O–H groups in total. The fourth-order valence-electron chi connectivity index (χ4n) is 2.32. The molecule has 0 fully saturated rings. The van der Waals surface area contributed by atoms with Crippen molar-refractivity contribution in [3.8, 4) is 11.4 Å². The van der Waals surface area contributed by atoms with Crippen molar-refractivity contribution in [2.24, 2.45) is 7.05 Å². The summed E-state index contributed by atoms with van der Waals surface area (Å²) < 4.78 is 2.07. The molecule has 0 unspecified atom stereocenters. The number of benzene rings is 2. The van der Waals surface area contributed by atoms with Gasteiger partial charge >= 0.3 is 0 Å². The largest absolute Gasteiger partial charge is 0.305 e. The lowest BCUT2D eigenvalue weighted by Gasteiger charge is -2.06. The van der Waals surface area contributed by atoms with E-state index < -0.39 is 0 Å². The number of hydrogen-bond acceptors (Lipinski definition) is 4. The van der Waals surface area contributed by atoms with Gasteiger partial charge in [0.25, 0.3) is 0 Å². The molecule has 0 saturated carbocycles. The van der Waals surface area contributed by atoms with Gasteiger partial charge in [0, 0.05) is 34.0 Å². The number of thioether (sulfide) groups is 2. The second kappa shape index (κ2) is 8.10. The van der Waals surface area contributed by atoms with Gasteiger partial charge in [0.05, 0.1) is 0 Å². The topological polar surface area (TPSA) is 30.7 Å². The summed E-state index contributed by atoms with van der Waals surface area (Å²) in [5, 5.41) is 10.4. The molecule has 1 heterocycles. The van der Waals surface area contributed by atoms with E-state index in [1.54, 1.807) is 11.8 Å². The summed E-state index contributed by atoms with van der Waals surface area (Å²) >= 11 is 9.46. The molecular weight excluding hydrogens is 358 g/mol. The predicted molar refractivity (Wildman–Crippen MR) is 104 cm³/mol. The van der Waals surface area contributed by atoms with Gasteiger partial charge in [0.15, 0.2) is 11.0 Å². The maximum atomic E-state index is 5.90. The van der Waals surface area contributed by atoms with E-state index in [-0.39, 0.29) is 0 Å². The first-order valence-electron chi connectivity index (χ1n) is 7.61. The molecule has 2 aromatic carbocycles. The third-order valence-corrected chi connectivity index (χ3v) is 6.16. The van der Waals surface area contributed by atoms with E-state index in [4.69, 9.17) is 11.6 Å². The zero-order chi connectivity index (χ0) is 16.9. The minimum absolute atomic E-state index is 0.775. The molecule has 0 aliphatic rings. The SMILES string of the molecule is Cc1ccccc1-c1nnc(SCCSc2ccc(Cl)cc2)n1C. The van der Waals surface area contributed by atoms with Gasteiger partial charge in [-0.1, -0.05) is 47.6 Å². The summed E-state index contributed by atoms with van der Waals surface area (Å²) in [7, 11) is 2.02. The standard InChI is InChI=1S/C18H18ClN3S2/c1-13-5-3-4-6-16(13)17-20-21-18(22(17)2)24-12-11-23-15-9-7-14(19)8-10-15/h3-10H,11-12H2,1-2H3. The highest BCUT2D eigenvalue weighted by Crippen LogP contribution is 2.26. The van der Waals surface area contributed by atoms with E-state index in [0.29, 0.717) is 0 Å². The van der Waals surface area contributed by atoms with E-state index in [1.807, 2.05) is 43.1 Å². The van der Waals surface area contributed by atoms with Crippen LogP contribution in [-0.2, 0) is 7.05 Å². The first-order valence-corrected chi connectivity index (χ1v) is 9.96. The third kappa shape index (κ3) is 4.15. The molecule has 0 saturated heterocycles. The molecule has 6 heteroatoms. The van der Waals surface area contributed by atoms with Crippen LogP contribution in [0.1, 0.15) is 5.56 Å². The molecule has 0 amide bonds. The van der Waals surface area contributed by atoms with Gasteiger partial charge in [-0.05, 0) is 36.8 Å². The van der Waals surface area contributed by atoms with Crippen molar-refractivity contribution in [2.75, 3.05) is 11.5 Å². The van der Waals surface area contributed by atoms with Gasteiger partial charge < -0.3 is 4.57 Å². The summed E-state index contributed by atoms with van der Waals surface area (Å²) in [5.74, 6) is 2.91. The Kier molecular flexibility index (Phi) is 5.87. The molecule has 0 atom stereocenters. The minimum atomic E-state index is 0.775. The zero-order valence-electron chi connectivity index (χ0n) is 13.6. The van der Waals surface area contributed by atoms with Crippen molar-refractivity contribution in [3.63, 3.8) is 0 Å². The summed E-state index contributed by atoms with van der Waals surface area (Å²) in [4.78, 5) is 1.23. The highest BCUT2D eigenvalue weighted by molar-refractivity contribution is 8.02. The second-order valence-electron chi connectivity index (χ2n) is 5.33. The van der Waals surface area contributed by atoms with Crippen molar-refractivity contribution in [1.82, 2.24) is 14.8 Å². The third-order valence-electron chi connectivity index (χ3n) is 3.62. The Hall–Kier alpha value is -1.43. The molecule has 3 rings (SSSR count). The summed E-state index contributed by atoms with van der Waals surface area (Å²) in [6.07, 6.45) is 0. The van der Waals surface area contributed by atoms with Crippen molar-refractivity contribution < 1.29 is 0 Å². The Morgan fingerprint density at radius 1 is 0.958 bits per heavy atom. The lowest BCUT2D eigenvalue weighted by molar-refractivity contribution is 0.794. The molecule has 0 spiro atoms. The van der Waals surface area contributed by atoms with Crippen molar-refractivity contribution >= 4 is 35.1 Å². The molecule has 1 aromatic heterocycles. The van der Waals surface area contributed by atoms with E-state index >= 15 is 0 Å². The smallest absolute Gasteiger partial charge is 0.191 e. The van der Waals surface area contributed by atoms with Crippen molar-refractivity contribution in [3.05, 3.63) is 59.1 Å². The van der Waals surface area contributed by atoms with Crippen LogP contribution in [0.4, 0.5) is 0 Å². The molecule has 124 valence electrons. The van der Waals surface area contributed by atoms with Crippen LogP contribution >= 0.6 is 35.1 Å². The molecule has 0 radical (unpaired) electrons. The van der Waals surface area contributed by atoms with Gasteiger partial charge in [0.1, 0.15) is 0 Å². The second-order valence-corrected chi connectivity index (χ2v) is 8.00. The lowest BCUT2D eigenvalue weighted by atomic mass is 10.1. The molecular formula is C18H18ClN3S2. The number of halogens is 1. The van der Waals surface area contributed by atoms with Crippen LogP contribution in [0, 0.1) is 6.92 Å². The Morgan fingerprint density at radius 3 is 2.42 bits per heavy atom. The predicted octanol–water partition coefficient (Wildman–Crippen LogP) is 5.33. The number of aromatic nitrogens is 3. The van der Waals surface area contributed by atoms with Gasteiger partial charge in [0.2, 0.25) is 0 Å². The summed E-state index contributed by atoms with van der Waals surface area (Å²) in [6, 6.07) is 16.2. The average molecular weight is 376 g/mol. The zero-order valence-corrected chi connectivity index (χ0v) is 16.0. The lowest BCUT2D eigenvalue weighted by Crippen LogP contribution is -1.97. The minimum Gasteiger partial charge on any atom is -0.305 e. The average Bonchev–Trinajstić information content (AvgIpc) is 2.94. The molecule has 0 bridgehead atoms. The summed E-state index contributed by atoms with van der Waals surface area (Å²) in [6.45, 7) is 2.10. The maximum Gasteiger partial charge on any atom is 0.191 e. The molecule has 0 aliphatic heterocycles. The number of aryl methyl sites for hydroxylation is 1. The molecule has 3 nitrogen and oxygen atoms in total. The van der Waals surface area contributed by atoms with E-state index in [9.17, 15) is 0 Å². The van der Waals surface area contributed by atoms with E-state index in [2.05, 4.69) is 46.0 Å². The van der Waals surface area contributed by atoms with Crippen LogP contribution in [-0.4, -0.2) is 26.3 Å². The summed E-state index contributed by atoms with van der Waals surface area (Å²) in [5.41, 5.74) is 2.35. The number of hydrogen-bond donors (Lipinski definition) is 0. The number of nitrogens with zero attached hydrogens (tertiary/aromatic N) is 3. The van der Waals surface area contributed by atoms with Crippen LogP contribution in [0.5, 0.6) is 0 Å². The Labute approximate surface area is 155 Å². The number of rotatable bonds is 6. The fourth-order valence-corrected chi connectivity index (χ4v) is 4.24. The maximum absolute atomic E-state index is 5.90. The van der Waals surface area contributed by atoms with Gasteiger partial charge in [-0.15, -0.1) is 22.0 Å². The quantitative estimate of drug-likeness (QED) is 0.430. The molecule has 24 heavy (non-hydrogen) atoms. The Bertz CT molecular complexity index is 815. The van der Waals surface area contributed by atoms with E-state index in [0.717, 1.165) is 33.1 Å². The molecule has 3 aromatic rings. The van der Waals surface area contributed by atoms with Crippen LogP contribution in [0.15, 0.2) is 58.6 Å². The van der Waals surface area contributed by atoms with Crippen molar-refractivity contribution in [1.29, 1.82) is 0 Å².